The highest BCUT2D eigenvalue weighted by atomic mass is 32.2. The molecule has 1 N–H and O–H groups in total. The predicted octanol–water partition coefficient (Wildman–Crippen LogP) is 2.33. The highest BCUT2D eigenvalue weighted by molar-refractivity contribution is 7.99. The van der Waals surface area contributed by atoms with E-state index in [9.17, 15) is 4.79 Å². The number of thiophene rings is 1. The van der Waals surface area contributed by atoms with E-state index < -0.39 is 0 Å². The second kappa shape index (κ2) is 8.45. The Morgan fingerprint density at radius 3 is 3.00 bits per heavy atom. The number of nitrogens with one attached hydrogen (secondary N) is 1. The second-order valence-electron chi connectivity index (χ2n) is 4.36. The van der Waals surface area contributed by atoms with Crippen LogP contribution >= 0.6 is 34.9 Å². The number of aromatic nitrogens is 3. The lowest BCUT2D eigenvalue weighted by Gasteiger charge is -2.04. The zero-order chi connectivity index (χ0) is 15.1. The van der Waals surface area contributed by atoms with Crippen molar-refractivity contribution in [3.63, 3.8) is 0 Å². The fourth-order valence-electron chi connectivity index (χ4n) is 1.52. The highest BCUT2D eigenvalue weighted by Gasteiger charge is 2.08. The van der Waals surface area contributed by atoms with Crippen LogP contribution in [0.5, 0.6) is 0 Å². The number of carbonyl (C=O) groups is 1. The van der Waals surface area contributed by atoms with Crippen LogP contribution in [-0.4, -0.2) is 38.7 Å². The van der Waals surface area contributed by atoms with Gasteiger partial charge in [0.1, 0.15) is 5.82 Å². The molecule has 114 valence electrons. The summed E-state index contributed by atoms with van der Waals surface area (Å²) in [6, 6.07) is 4.20. The normalized spacial score (nSPS) is 10.8. The molecule has 0 saturated carbocycles. The highest BCUT2D eigenvalue weighted by Crippen LogP contribution is 2.17. The molecule has 5 nitrogen and oxygen atoms in total. The van der Waals surface area contributed by atoms with Gasteiger partial charge < -0.3 is 9.88 Å². The van der Waals surface area contributed by atoms with Gasteiger partial charge in [0.15, 0.2) is 5.16 Å². The standard InChI is InChI=1S/C13H18N4OS3/c1-10-15-16-13(17(10)2)21-9-12(18)14-5-7-19-8-11-4-3-6-20-11/h3-4,6H,5,7-9H2,1-2H3,(H,14,18). The van der Waals surface area contributed by atoms with Gasteiger partial charge >= 0.3 is 0 Å². The Hall–Kier alpha value is -0.990. The van der Waals surface area contributed by atoms with Crippen LogP contribution in [0, 0.1) is 6.92 Å². The molecule has 2 aromatic rings. The van der Waals surface area contributed by atoms with Gasteiger partial charge in [-0.25, -0.2) is 0 Å². The first kappa shape index (κ1) is 16.4. The SMILES string of the molecule is Cc1nnc(SCC(=O)NCCSCc2cccs2)n1C. The molecule has 0 saturated heterocycles. The molecule has 0 aromatic carbocycles. The average molecular weight is 343 g/mol. The monoisotopic (exact) mass is 342 g/mol. The van der Waals surface area contributed by atoms with E-state index in [0.29, 0.717) is 12.3 Å². The van der Waals surface area contributed by atoms with E-state index in [2.05, 4.69) is 33.0 Å². The third-order valence-electron chi connectivity index (χ3n) is 2.78. The molecule has 0 aliphatic heterocycles. The molecule has 2 aromatic heterocycles. The quantitative estimate of drug-likeness (QED) is 0.589. The Labute approximate surface area is 136 Å². The van der Waals surface area contributed by atoms with Crippen LogP contribution in [0.4, 0.5) is 0 Å². The van der Waals surface area contributed by atoms with E-state index in [1.54, 1.807) is 11.3 Å². The van der Waals surface area contributed by atoms with Crippen molar-refractivity contribution in [1.29, 1.82) is 0 Å². The van der Waals surface area contributed by atoms with Gasteiger partial charge in [0.2, 0.25) is 5.91 Å². The molecule has 21 heavy (non-hydrogen) atoms. The summed E-state index contributed by atoms with van der Waals surface area (Å²) in [4.78, 5) is 13.1. The summed E-state index contributed by atoms with van der Waals surface area (Å²) in [5, 5.41) is 13.8. The van der Waals surface area contributed by atoms with Crippen LogP contribution in [0.3, 0.4) is 0 Å². The zero-order valence-electron chi connectivity index (χ0n) is 12.0. The first-order valence-corrected chi connectivity index (χ1v) is 9.54. The smallest absolute Gasteiger partial charge is 0.230 e. The maximum absolute atomic E-state index is 11.7. The fourth-order valence-corrected chi connectivity index (χ4v) is 4.01. The molecule has 0 spiro atoms. The Morgan fingerprint density at radius 1 is 1.48 bits per heavy atom. The van der Waals surface area contributed by atoms with Crippen LogP contribution in [0.2, 0.25) is 0 Å². The molecule has 0 aliphatic rings. The topological polar surface area (TPSA) is 59.8 Å². The van der Waals surface area contributed by atoms with Crippen LogP contribution in [-0.2, 0) is 17.6 Å². The Morgan fingerprint density at radius 2 is 2.33 bits per heavy atom. The number of aryl methyl sites for hydroxylation is 1. The van der Waals surface area contributed by atoms with Gasteiger partial charge in [-0.2, -0.15) is 11.8 Å². The molecule has 2 rings (SSSR count). The van der Waals surface area contributed by atoms with Crippen LogP contribution in [0.15, 0.2) is 22.7 Å². The predicted molar refractivity (Wildman–Crippen MR) is 90.0 cm³/mol. The number of nitrogens with zero attached hydrogens (tertiary/aromatic N) is 3. The molecule has 0 unspecified atom stereocenters. The van der Waals surface area contributed by atoms with Gasteiger partial charge in [-0.3, -0.25) is 4.79 Å². The van der Waals surface area contributed by atoms with E-state index in [1.807, 2.05) is 30.3 Å². The zero-order valence-corrected chi connectivity index (χ0v) is 14.5. The van der Waals surface area contributed by atoms with E-state index in [1.165, 1.54) is 16.6 Å². The van der Waals surface area contributed by atoms with Crippen molar-refractivity contribution >= 4 is 40.8 Å². The molecular formula is C13H18N4OS3. The number of carbonyl (C=O) groups excluding carboxylic acids is 1. The largest absolute Gasteiger partial charge is 0.355 e. The van der Waals surface area contributed by atoms with Crippen molar-refractivity contribution in [2.45, 2.75) is 17.8 Å². The van der Waals surface area contributed by atoms with Crippen LogP contribution in [0.25, 0.3) is 0 Å². The molecule has 2 heterocycles. The van der Waals surface area contributed by atoms with E-state index >= 15 is 0 Å². The molecule has 8 heteroatoms. The van der Waals surface area contributed by atoms with Crippen molar-refractivity contribution in [1.82, 2.24) is 20.1 Å². The number of hydrogen-bond acceptors (Lipinski definition) is 6. The minimum Gasteiger partial charge on any atom is -0.355 e. The molecule has 0 fully saturated rings. The minimum absolute atomic E-state index is 0.0392. The summed E-state index contributed by atoms with van der Waals surface area (Å²) in [5.41, 5.74) is 0. The number of rotatable bonds is 8. The number of thioether (sulfide) groups is 2. The number of amides is 1. The van der Waals surface area contributed by atoms with Gasteiger partial charge in [-0.1, -0.05) is 17.8 Å². The average Bonchev–Trinajstić information content (AvgIpc) is 3.09. The van der Waals surface area contributed by atoms with Crippen LogP contribution < -0.4 is 5.32 Å². The summed E-state index contributed by atoms with van der Waals surface area (Å²) in [7, 11) is 1.90. The van der Waals surface area contributed by atoms with Crippen molar-refractivity contribution in [2.75, 3.05) is 18.1 Å². The van der Waals surface area contributed by atoms with E-state index in [4.69, 9.17) is 0 Å². The summed E-state index contributed by atoms with van der Waals surface area (Å²) < 4.78 is 1.88. The molecule has 0 aliphatic carbocycles. The van der Waals surface area contributed by atoms with Crippen molar-refractivity contribution < 1.29 is 4.79 Å². The van der Waals surface area contributed by atoms with Crippen molar-refractivity contribution in [2.24, 2.45) is 7.05 Å². The van der Waals surface area contributed by atoms with Gasteiger partial charge in [-0.05, 0) is 18.4 Å². The lowest BCUT2D eigenvalue weighted by molar-refractivity contribution is -0.118. The van der Waals surface area contributed by atoms with E-state index in [0.717, 1.165) is 22.5 Å². The lowest BCUT2D eigenvalue weighted by atomic mass is 10.5. The minimum atomic E-state index is 0.0392. The molecule has 1 amide bonds. The molecule has 0 atom stereocenters. The van der Waals surface area contributed by atoms with Crippen molar-refractivity contribution in [3.8, 4) is 0 Å². The second-order valence-corrected chi connectivity index (χ2v) is 7.44. The molecular weight excluding hydrogens is 324 g/mol. The first-order chi connectivity index (χ1) is 10.2. The number of hydrogen-bond donors (Lipinski definition) is 1. The summed E-state index contributed by atoms with van der Waals surface area (Å²) >= 11 is 5.02. The third-order valence-corrected chi connectivity index (χ3v) is 5.87. The lowest BCUT2D eigenvalue weighted by Crippen LogP contribution is -2.27. The van der Waals surface area contributed by atoms with Gasteiger partial charge in [0, 0.05) is 30.0 Å². The van der Waals surface area contributed by atoms with Crippen molar-refractivity contribution in [3.05, 3.63) is 28.2 Å². The third kappa shape index (κ3) is 5.37. The van der Waals surface area contributed by atoms with E-state index in [-0.39, 0.29) is 5.91 Å². The Balaban J connectivity index is 1.56. The maximum Gasteiger partial charge on any atom is 0.230 e. The Bertz CT molecular complexity index is 568. The first-order valence-electron chi connectivity index (χ1n) is 6.52. The summed E-state index contributed by atoms with van der Waals surface area (Å²) in [6.07, 6.45) is 0. The van der Waals surface area contributed by atoms with Crippen LogP contribution in [0.1, 0.15) is 10.7 Å². The summed E-state index contributed by atoms with van der Waals surface area (Å²) in [5.74, 6) is 3.21. The Kier molecular flexibility index (Phi) is 6.59. The van der Waals surface area contributed by atoms with Gasteiger partial charge in [-0.15, -0.1) is 21.5 Å². The molecule has 0 bridgehead atoms. The maximum atomic E-state index is 11.7. The molecule has 0 radical (unpaired) electrons. The van der Waals surface area contributed by atoms with Gasteiger partial charge in [0.25, 0.3) is 0 Å². The summed E-state index contributed by atoms with van der Waals surface area (Å²) in [6.45, 7) is 2.59. The fraction of sp³-hybridized carbons (Fsp3) is 0.462. The van der Waals surface area contributed by atoms with Gasteiger partial charge in [0.05, 0.1) is 5.75 Å².